The fourth-order valence-electron chi connectivity index (χ4n) is 1.66. The molecule has 0 spiro atoms. The van der Waals surface area contributed by atoms with Crippen LogP contribution >= 0.6 is 0 Å². The largest absolute Gasteiger partial charge is 0.377 e. The van der Waals surface area contributed by atoms with E-state index in [0.717, 1.165) is 11.8 Å². The monoisotopic (exact) mass is 256 g/mol. The van der Waals surface area contributed by atoms with Crippen molar-refractivity contribution >= 4 is 21.4 Å². The van der Waals surface area contributed by atoms with E-state index in [0.29, 0.717) is 5.69 Å². The van der Waals surface area contributed by atoms with E-state index in [1.54, 1.807) is 32.0 Å². The molecule has 0 aromatic heterocycles. The Morgan fingerprint density at radius 1 is 1.29 bits per heavy atom. The van der Waals surface area contributed by atoms with Gasteiger partial charge < -0.3 is 10.6 Å². The molecule has 1 rings (SSSR count). The molecule has 17 heavy (non-hydrogen) atoms. The lowest BCUT2D eigenvalue weighted by atomic mass is 10.1. The molecule has 0 aliphatic carbocycles. The number of carbonyl (C=O) groups is 1. The van der Waals surface area contributed by atoms with Crippen LogP contribution in [0.5, 0.6) is 0 Å². The van der Waals surface area contributed by atoms with Gasteiger partial charge in [-0.3, -0.25) is 4.79 Å². The number of carbonyl (C=O) groups excluding carboxylic acids is 1. The predicted octanol–water partition coefficient (Wildman–Crippen LogP) is 0.563. The maximum absolute atomic E-state index is 11.8. The lowest BCUT2D eigenvalue weighted by Crippen LogP contribution is -2.20. The summed E-state index contributed by atoms with van der Waals surface area (Å²) >= 11 is 0. The number of primary amides is 1. The molecule has 0 radical (unpaired) electrons. The van der Waals surface area contributed by atoms with E-state index >= 15 is 0 Å². The van der Waals surface area contributed by atoms with E-state index in [2.05, 4.69) is 0 Å². The summed E-state index contributed by atoms with van der Waals surface area (Å²) in [5.74, 6) is -0.739. The second kappa shape index (κ2) is 4.37. The summed E-state index contributed by atoms with van der Waals surface area (Å²) in [5, 5.41) is 0. The molecule has 1 aromatic rings. The maximum atomic E-state index is 11.8. The van der Waals surface area contributed by atoms with Crippen molar-refractivity contribution in [1.29, 1.82) is 0 Å². The van der Waals surface area contributed by atoms with Crippen molar-refractivity contribution < 1.29 is 13.2 Å². The van der Waals surface area contributed by atoms with Gasteiger partial charge in [0.15, 0.2) is 9.84 Å². The van der Waals surface area contributed by atoms with Gasteiger partial charge in [0.2, 0.25) is 5.91 Å². The molecule has 2 N–H and O–H groups in total. The Kier molecular flexibility index (Phi) is 3.47. The van der Waals surface area contributed by atoms with Crippen molar-refractivity contribution in [2.75, 3.05) is 25.3 Å². The fraction of sp³-hybridized carbons (Fsp3) is 0.364. The van der Waals surface area contributed by atoms with Crippen LogP contribution in [0.15, 0.2) is 17.0 Å². The fourth-order valence-corrected chi connectivity index (χ4v) is 2.84. The molecule has 0 atom stereocenters. The van der Waals surface area contributed by atoms with Gasteiger partial charge in [-0.25, -0.2) is 8.42 Å². The Morgan fingerprint density at radius 3 is 2.18 bits per heavy atom. The van der Waals surface area contributed by atoms with E-state index in [1.807, 2.05) is 0 Å². The number of sulfone groups is 1. The van der Waals surface area contributed by atoms with Crippen LogP contribution in [0, 0.1) is 6.92 Å². The zero-order valence-corrected chi connectivity index (χ0v) is 11.1. The zero-order valence-electron chi connectivity index (χ0n) is 10.3. The molecule has 0 bridgehead atoms. The summed E-state index contributed by atoms with van der Waals surface area (Å²) in [5.41, 5.74) is 6.53. The van der Waals surface area contributed by atoms with Crippen molar-refractivity contribution in [3.05, 3.63) is 23.3 Å². The molecule has 0 heterocycles. The molecule has 5 nitrogen and oxygen atoms in total. The molecule has 0 saturated heterocycles. The van der Waals surface area contributed by atoms with Crippen molar-refractivity contribution in [3.8, 4) is 0 Å². The van der Waals surface area contributed by atoms with E-state index in [4.69, 9.17) is 5.73 Å². The zero-order chi connectivity index (χ0) is 13.4. The number of nitrogens with zero attached hydrogens (tertiary/aromatic N) is 1. The molecule has 0 fully saturated rings. The predicted molar refractivity (Wildman–Crippen MR) is 67.1 cm³/mol. The third kappa shape index (κ3) is 2.76. The molecule has 0 unspecified atom stereocenters. The van der Waals surface area contributed by atoms with E-state index in [9.17, 15) is 13.2 Å². The van der Waals surface area contributed by atoms with Crippen LogP contribution < -0.4 is 10.6 Å². The smallest absolute Gasteiger partial charge is 0.250 e. The number of aryl methyl sites for hydroxylation is 1. The minimum Gasteiger partial charge on any atom is -0.377 e. The Labute approximate surface area is 101 Å². The van der Waals surface area contributed by atoms with Gasteiger partial charge >= 0.3 is 0 Å². The van der Waals surface area contributed by atoms with Crippen molar-refractivity contribution in [1.82, 2.24) is 0 Å². The van der Waals surface area contributed by atoms with Gasteiger partial charge in [-0.1, -0.05) is 0 Å². The highest BCUT2D eigenvalue weighted by molar-refractivity contribution is 7.91. The Hall–Kier alpha value is -1.56. The maximum Gasteiger partial charge on any atom is 0.250 e. The molecular formula is C11H16N2O3S. The highest BCUT2D eigenvalue weighted by atomic mass is 32.2. The molecule has 1 amide bonds. The van der Waals surface area contributed by atoms with Crippen LogP contribution in [0.2, 0.25) is 0 Å². The number of anilines is 1. The van der Waals surface area contributed by atoms with Gasteiger partial charge in [0, 0.05) is 20.4 Å². The molecule has 94 valence electrons. The van der Waals surface area contributed by atoms with Crippen molar-refractivity contribution in [2.24, 2.45) is 5.73 Å². The van der Waals surface area contributed by atoms with Gasteiger partial charge in [0.05, 0.1) is 11.3 Å². The Morgan fingerprint density at radius 2 is 1.82 bits per heavy atom. The third-order valence-electron chi connectivity index (χ3n) is 2.33. The molecule has 0 aliphatic rings. The highest BCUT2D eigenvalue weighted by Crippen LogP contribution is 2.29. The average molecular weight is 256 g/mol. The van der Waals surface area contributed by atoms with Crippen LogP contribution in [-0.4, -0.2) is 34.7 Å². The third-order valence-corrected chi connectivity index (χ3v) is 3.50. The standard InChI is InChI=1S/C11H16N2O3S/c1-7-5-8(11(12)14)10(17(4,15)16)9(6-7)13(2)3/h5-6H,1-4H3,(H2,12,14). The summed E-state index contributed by atoms with van der Waals surface area (Å²) in [7, 11) is -0.0804. The average Bonchev–Trinajstić information content (AvgIpc) is 2.14. The van der Waals surface area contributed by atoms with E-state index < -0.39 is 15.7 Å². The SMILES string of the molecule is Cc1cc(C(N)=O)c(S(C)(=O)=O)c(N(C)C)c1. The van der Waals surface area contributed by atoms with Gasteiger partial charge in [0.1, 0.15) is 4.90 Å². The van der Waals surface area contributed by atoms with Crippen LogP contribution in [0.3, 0.4) is 0 Å². The summed E-state index contributed by atoms with van der Waals surface area (Å²) < 4.78 is 23.5. The van der Waals surface area contributed by atoms with Crippen LogP contribution in [0.25, 0.3) is 0 Å². The van der Waals surface area contributed by atoms with Gasteiger partial charge in [-0.2, -0.15) is 0 Å². The molecule has 0 saturated carbocycles. The van der Waals surface area contributed by atoms with Gasteiger partial charge in [-0.05, 0) is 24.6 Å². The first-order valence-corrected chi connectivity index (χ1v) is 6.85. The minimum absolute atomic E-state index is 0.0133. The van der Waals surface area contributed by atoms with Crippen LogP contribution in [-0.2, 0) is 9.84 Å². The quantitative estimate of drug-likeness (QED) is 0.857. The topological polar surface area (TPSA) is 80.5 Å². The minimum atomic E-state index is -3.51. The first-order valence-electron chi connectivity index (χ1n) is 4.96. The first-order chi connectivity index (χ1) is 7.64. The summed E-state index contributed by atoms with van der Waals surface area (Å²) in [6.45, 7) is 1.78. The van der Waals surface area contributed by atoms with Crippen molar-refractivity contribution in [3.63, 3.8) is 0 Å². The normalized spacial score (nSPS) is 11.3. The van der Waals surface area contributed by atoms with Gasteiger partial charge in [0.25, 0.3) is 0 Å². The molecule has 0 aliphatic heterocycles. The number of amides is 1. The number of rotatable bonds is 3. The second-order valence-electron chi connectivity index (χ2n) is 4.19. The summed E-state index contributed by atoms with van der Waals surface area (Å²) in [6.07, 6.45) is 1.07. The van der Waals surface area contributed by atoms with Crippen LogP contribution in [0.1, 0.15) is 15.9 Å². The van der Waals surface area contributed by atoms with Crippen molar-refractivity contribution in [2.45, 2.75) is 11.8 Å². The number of nitrogens with two attached hydrogens (primary N) is 1. The Balaban J connectivity index is 3.79. The molecular weight excluding hydrogens is 240 g/mol. The van der Waals surface area contributed by atoms with Gasteiger partial charge in [-0.15, -0.1) is 0 Å². The lowest BCUT2D eigenvalue weighted by Gasteiger charge is -2.19. The summed E-state index contributed by atoms with van der Waals surface area (Å²) in [4.78, 5) is 13.0. The molecule has 6 heteroatoms. The highest BCUT2D eigenvalue weighted by Gasteiger charge is 2.23. The molecule has 1 aromatic carbocycles. The number of benzene rings is 1. The lowest BCUT2D eigenvalue weighted by molar-refractivity contribution is 0.0997. The number of hydrogen-bond acceptors (Lipinski definition) is 4. The van der Waals surface area contributed by atoms with E-state index in [-0.39, 0.29) is 10.5 Å². The second-order valence-corrected chi connectivity index (χ2v) is 6.14. The first kappa shape index (κ1) is 13.5. The van der Waals surface area contributed by atoms with Crippen LogP contribution in [0.4, 0.5) is 5.69 Å². The number of hydrogen-bond donors (Lipinski definition) is 1. The van der Waals surface area contributed by atoms with E-state index in [1.165, 1.54) is 6.07 Å². The Bertz CT molecular complexity index is 562. The summed E-state index contributed by atoms with van der Waals surface area (Å²) in [6, 6.07) is 3.20.